The van der Waals surface area contributed by atoms with Crippen LogP contribution in [0, 0.1) is 11.3 Å². The van der Waals surface area contributed by atoms with Crippen LogP contribution in [0.25, 0.3) is 0 Å². The molecule has 3 aliphatic carbocycles. The van der Waals surface area contributed by atoms with Gasteiger partial charge < -0.3 is 11.1 Å². The van der Waals surface area contributed by atoms with E-state index in [0.717, 1.165) is 0 Å². The van der Waals surface area contributed by atoms with Gasteiger partial charge in [-0.25, -0.2) is 13.2 Å². The Kier molecular flexibility index (Phi) is 5.31. The number of nitrogens with one attached hydrogen (secondary N) is 1. The van der Waals surface area contributed by atoms with E-state index >= 15 is 0 Å². The van der Waals surface area contributed by atoms with Gasteiger partial charge in [-0.2, -0.15) is 0 Å². The van der Waals surface area contributed by atoms with E-state index in [1.807, 2.05) is 0 Å². The van der Waals surface area contributed by atoms with E-state index in [1.165, 1.54) is 0 Å². The number of hydrogen-bond acceptors (Lipinski definition) is 4. The number of Topliss-reactive ketones (excluding diaryl/α,β-unsaturated/α-hetero) is 2. The number of primary amides is 1. The van der Waals surface area contributed by atoms with Crippen molar-refractivity contribution in [3.05, 3.63) is 0 Å². The zero-order valence-electron chi connectivity index (χ0n) is 15.6. The number of ketones is 2. The summed E-state index contributed by atoms with van der Waals surface area (Å²) in [5.41, 5.74) is 2.22. The number of alkyl halides is 3. The lowest BCUT2D eigenvalue weighted by atomic mass is 9.62. The number of hydrogen-bond donors (Lipinski definition) is 2. The molecule has 3 saturated carbocycles. The fourth-order valence-corrected chi connectivity index (χ4v) is 4.40. The second-order valence-corrected chi connectivity index (χ2v) is 8.61. The lowest BCUT2D eigenvalue weighted by Gasteiger charge is -2.40. The molecular weight excluding hydrogens is 377 g/mol. The van der Waals surface area contributed by atoms with E-state index < -0.39 is 58.8 Å². The molecule has 3 aliphatic rings. The fraction of sp³-hybridized carbons (Fsp3) is 0.789. The largest absolute Gasteiger partial charge is 0.363 e. The highest BCUT2D eigenvalue weighted by Gasteiger charge is 2.61. The molecule has 0 aromatic rings. The van der Waals surface area contributed by atoms with Crippen LogP contribution in [0.3, 0.4) is 0 Å². The van der Waals surface area contributed by atoms with Crippen LogP contribution in [0.5, 0.6) is 0 Å². The molecule has 0 saturated heterocycles. The van der Waals surface area contributed by atoms with Crippen LogP contribution >= 0.6 is 0 Å². The van der Waals surface area contributed by atoms with Gasteiger partial charge >= 0.3 is 0 Å². The van der Waals surface area contributed by atoms with E-state index in [0.29, 0.717) is 32.1 Å². The first-order valence-electron chi connectivity index (χ1n) is 9.72. The summed E-state index contributed by atoms with van der Waals surface area (Å²) in [5, 5.41) is 2.29. The molecule has 9 heteroatoms. The van der Waals surface area contributed by atoms with Crippen molar-refractivity contribution in [1.29, 1.82) is 0 Å². The van der Waals surface area contributed by atoms with Crippen molar-refractivity contribution in [3.63, 3.8) is 0 Å². The van der Waals surface area contributed by atoms with Crippen LogP contribution in [-0.4, -0.2) is 41.0 Å². The minimum absolute atomic E-state index is 0.234. The van der Waals surface area contributed by atoms with E-state index in [4.69, 9.17) is 5.73 Å². The van der Waals surface area contributed by atoms with Gasteiger partial charge in [0.15, 0.2) is 5.78 Å². The quantitative estimate of drug-likeness (QED) is 0.575. The molecule has 2 atom stereocenters. The van der Waals surface area contributed by atoms with Crippen molar-refractivity contribution in [2.24, 2.45) is 17.1 Å². The van der Waals surface area contributed by atoms with Gasteiger partial charge in [0.2, 0.25) is 11.7 Å². The van der Waals surface area contributed by atoms with Crippen LogP contribution in [0.1, 0.15) is 64.2 Å². The molecular formula is C19H25F3N2O4. The lowest BCUT2D eigenvalue weighted by molar-refractivity contribution is -0.148. The SMILES string of the molecule is NC(=O)C(=O)C1(CC(=O)[C@H](CC2(F)CCCC2)NC(=O)C2CC2(F)F)CCC1. The number of nitrogens with two attached hydrogens (primary N) is 1. The van der Waals surface area contributed by atoms with Gasteiger partial charge in [0.1, 0.15) is 11.6 Å². The molecule has 0 heterocycles. The normalized spacial score (nSPS) is 27.3. The number of carbonyl (C=O) groups is 4. The standard InChI is InChI=1S/C19H25F3N2O4/c20-18(6-1-2-7-18)9-12(24-16(28)11-8-19(11,21)22)13(25)10-17(4-3-5-17)14(26)15(23)27/h11-12H,1-10H2,(H2,23,27)(H,24,28)/t11?,12-/m0/s1. The highest BCUT2D eigenvalue weighted by molar-refractivity contribution is 6.38. The molecule has 2 amide bonds. The average molecular weight is 402 g/mol. The molecule has 0 bridgehead atoms. The Balaban J connectivity index is 1.73. The molecule has 0 spiro atoms. The molecule has 3 fully saturated rings. The fourth-order valence-electron chi connectivity index (χ4n) is 4.40. The topological polar surface area (TPSA) is 106 Å². The minimum atomic E-state index is -3.10. The van der Waals surface area contributed by atoms with E-state index in [1.54, 1.807) is 0 Å². The van der Waals surface area contributed by atoms with Crippen LogP contribution in [0.4, 0.5) is 13.2 Å². The third-order valence-corrected chi connectivity index (χ3v) is 6.45. The molecule has 0 aromatic heterocycles. The summed E-state index contributed by atoms with van der Waals surface area (Å²) < 4.78 is 41.3. The van der Waals surface area contributed by atoms with Gasteiger partial charge in [-0.1, -0.05) is 19.3 Å². The maximum Gasteiger partial charge on any atom is 0.285 e. The Hall–Kier alpha value is -1.93. The van der Waals surface area contributed by atoms with Crippen LogP contribution in [0.2, 0.25) is 0 Å². The highest BCUT2D eigenvalue weighted by atomic mass is 19.3. The van der Waals surface area contributed by atoms with Gasteiger partial charge in [0.25, 0.3) is 11.8 Å². The zero-order valence-corrected chi connectivity index (χ0v) is 15.6. The Morgan fingerprint density at radius 1 is 1.00 bits per heavy atom. The van der Waals surface area contributed by atoms with Gasteiger partial charge in [0, 0.05) is 24.7 Å². The molecule has 0 aliphatic heterocycles. The van der Waals surface area contributed by atoms with E-state index in [-0.39, 0.29) is 25.7 Å². The third kappa shape index (κ3) is 4.07. The van der Waals surface area contributed by atoms with Crippen LogP contribution < -0.4 is 11.1 Å². The van der Waals surface area contributed by atoms with Gasteiger partial charge in [-0.05, 0) is 25.7 Å². The summed E-state index contributed by atoms with van der Waals surface area (Å²) in [6, 6.07) is -1.30. The molecule has 6 nitrogen and oxygen atoms in total. The first-order valence-corrected chi connectivity index (χ1v) is 9.72. The van der Waals surface area contributed by atoms with Crippen LogP contribution in [-0.2, 0) is 19.2 Å². The average Bonchev–Trinajstić information content (AvgIpc) is 3.00. The third-order valence-electron chi connectivity index (χ3n) is 6.45. The first-order chi connectivity index (χ1) is 13.0. The summed E-state index contributed by atoms with van der Waals surface area (Å²) in [6.45, 7) is 0. The van der Waals surface area contributed by atoms with Gasteiger partial charge in [-0.15, -0.1) is 0 Å². The van der Waals surface area contributed by atoms with E-state index in [9.17, 15) is 32.3 Å². The maximum absolute atomic E-state index is 15.0. The molecule has 3 rings (SSSR count). The molecule has 3 N–H and O–H groups in total. The molecule has 156 valence electrons. The van der Waals surface area contributed by atoms with Crippen molar-refractivity contribution in [2.45, 2.75) is 81.8 Å². The Morgan fingerprint density at radius 3 is 2.00 bits per heavy atom. The second-order valence-electron chi connectivity index (χ2n) is 8.61. The van der Waals surface area contributed by atoms with Crippen molar-refractivity contribution >= 4 is 23.4 Å². The summed E-state index contributed by atoms with van der Waals surface area (Å²) in [5.74, 6) is -8.18. The van der Waals surface area contributed by atoms with Crippen molar-refractivity contribution in [1.82, 2.24) is 5.32 Å². The van der Waals surface area contributed by atoms with Crippen LogP contribution in [0.15, 0.2) is 0 Å². The van der Waals surface area contributed by atoms with E-state index in [2.05, 4.69) is 5.32 Å². The first kappa shape index (κ1) is 20.8. The Morgan fingerprint density at radius 2 is 1.57 bits per heavy atom. The summed E-state index contributed by atoms with van der Waals surface area (Å²) >= 11 is 0. The number of rotatable bonds is 9. The highest BCUT2D eigenvalue weighted by Crippen LogP contribution is 2.49. The molecule has 28 heavy (non-hydrogen) atoms. The zero-order chi connectivity index (χ0) is 20.7. The Labute approximate surface area is 160 Å². The van der Waals surface area contributed by atoms with Gasteiger partial charge in [0.05, 0.1) is 6.04 Å². The lowest BCUT2D eigenvalue weighted by Crippen LogP contribution is -2.51. The Bertz CT molecular complexity index is 699. The summed E-state index contributed by atoms with van der Waals surface area (Å²) in [6.07, 6.45) is 1.77. The molecule has 1 unspecified atom stereocenters. The molecule has 0 aromatic carbocycles. The van der Waals surface area contributed by atoms with Gasteiger partial charge in [-0.3, -0.25) is 19.2 Å². The van der Waals surface area contributed by atoms with Crippen molar-refractivity contribution in [3.8, 4) is 0 Å². The summed E-state index contributed by atoms with van der Waals surface area (Å²) in [4.78, 5) is 48.4. The summed E-state index contributed by atoms with van der Waals surface area (Å²) in [7, 11) is 0. The molecule has 0 radical (unpaired) electrons. The smallest absolute Gasteiger partial charge is 0.285 e. The predicted octanol–water partition coefficient (Wildman–Crippen LogP) is 1.98. The predicted molar refractivity (Wildman–Crippen MR) is 92.0 cm³/mol. The number of carbonyl (C=O) groups excluding carboxylic acids is 4. The second kappa shape index (κ2) is 7.15. The number of amides is 2. The van der Waals surface area contributed by atoms with Crippen molar-refractivity contribution in [2.75, 3.05) is 0 Å². The number of halogens is 3. The monoisotopic (exact) mass is 402 g/mol. The maximum atomic E-state index is 15.0. The minimum Gasteiger partial charge on any atom is -0.363 e. The van der Waals surface area contributed by atoms with Crippen molar-refractivity contribution < 1.29 is 32.3 Å².